The van der Waals surface area contributed by atoms with Gasteiger partial charge in [-0.2, -0.15) is 0 Å². The highest BCUT2D eigenvalue weighted by Gasteiger charge is 2.07. The highest BCUT2D eigenvalue weighted by molar-refractivity contribution is 9.10. The van der Waals surface area contributed by atoms with Crippen molar-refractivity contribution in [3.63, 3.8) is 0 Å². The van der Waals surface area contributed by atoms with Crippen LogP contribution in [0, 0.1) is 0 Å². The number of aryl methyl sites for hydroxylation is 4. The summed E-state index contributed by atoms with van der Waals surface area (Å²) in [5.74, 6) is 1.02. The molecule has 2 aromatic carbocycles. The molecule has 0 aromatic heterocycles. The molecule has 0 aliphatic rings. The summed E-state index contributed by atoms with van der Waals surface area (Å²) in [6.45, 7) is 8.51. The van der Waals surface area contributed by atoms with Crippen LogP contribution in [0.2, 0.25) is 0 Å². The molecule has 0 unspecified atom stereocenters. The molecule has 150 valence electrons. The molecule has 2 rings (SSSR count). The third-order valence-electron chi connectivity index (χ3n) is 4.51. The molecule has 2 nitrogen and oxygen atoms in total. The first-order chi connectivity index (χ1) is 13.0. The van der Waals surface area contributed by atoms with E-state index in [4.69, 9.17) is 0 Å². The first-order valence-corrected chi connectivity index (χ1v) is 11.1. The van der Waals surface area contributed by atoms with Crippen molar-refractivity contribution in [1.82, 2.24) is 0 Å². The molecule has 3 heteroatoms. The molecule has 0 bridgehead atoms. The number of para-hydroxylation sites is 1. The predicted molar refractivity (Wildman–Crippen MR) is 120 cm³/mol. The topological polar surface area (TPSA) is 40.5 Å². The van der Waals surface area contributed by atoms with E-state index in [0.29, 0.717) is 11.5 Å². The van der Waals surface area contributed by atoms with Crippen LogP contribution in [-0.2, 0) is 25.7 Å². The zero-order valence-corrected chi connectivity index (χ0v) is 18.9. The zero-order chi connectivity index (χ0) is 20.2. The van der Waals surface area contributed by atoms with Gasteiger partial charge in [0.2, 0.25) is 0 Å². The third kappa shape index (κ3) is 7.57. The van der Waals surface area contributed by atoms with Crippen LogP contribution in [-0.4, -0.2) is 10.2 Å². The minimum Gasteiger partial charge on any atom is -0.507 e. The van der Waals surface area contributed by atoms with E-state index in [0.717, 1.165) is 78.1 Å². The third-order valence-corrected chi connectivity index (χ3v) is 4.97. The predicted octanol–water partition coefficient (Wildman–Crippen LogP) is 7.36. The minimum atomic E-state index is 0.497. The second-order valence-corrected chi connectivity index (χ2v) is 7.91. The number of halogens is 1. The smallest absolute Gasteiger partial charge is 0.122 e. The molecule has 0 amide bonds. The molecular formula is C24H35BrO2. The van der Waals surface area contributed by atoms with Crippen LogP contribution in [0.1, 0.15) is 75.6 Å². The average Bonchev–Trinajstić information content (AvgIpc) is 2.64. The zero-order valence-electron chi connectivity index (χ0n) is 17.3. The van der Waals surface area contributed by atoms with Crippen molar-refractivity contribution >= 4 is 15.9 Å². The van der Waals surface area contributed by atoms with E-state index in [-0.39, 0.29) is 0 Å². The van der Waals surface area contributed by atoms with E-state index < -0.39 is 0 Å². The fourth-order valence-electron chi connectivity index (χ4n) is 3.22. The van der Waals surface area contributed by atoms with E-state index in [2.05, 4.69) is 43.6 Å². The van der Waals surface area contributed by atoms with Gasteiger partial charge < -0.3 is 10.2 Å². The van der Waals surface area contributed by atoms with Gasteiger partial charge in [0.25, 0.3) is 0 Å². The van der Waals surface area contributed by atoms with E-state index in [9.17, 15) is 10.2 Å². The molecule has 0 aliphatic heterocycles. The van der Waals surface area contributed by atoms with Crippen LogP contribution in [0.15, 0.2) is 34.8 Å². The van der Waals surface area contributed by atoms with Gasteiger partial charge in [0.15, 0.2) is 0 Å². The first-order valence-electron chi connectivity index (χ1n) is 10.3. The Labute approximate surface area is 173 Å². The van der Waals surface area contributed by atoms with Crippen molar-refractivity contribution in [3.8, 4) is 11.5 Å². The van der Waals surface area contributed by atoms with Crippen LogP contribution in [0.4, 0.5) is 0 Å². The molecule has 0 fully saturated rings. The highest BCUT2D eigenvalue weighted by Crippen LogP contribution is 2.29. The Morgan fingerprint density at radius 2 is 0.963 bits per heavy atom. The van der Waals surface area contributed by atoms with Gasteiger partial charge in [0.05, 0.1) is 0 Å². The molecule has 0 heterocycles. The summed E-state index contributed by atoms with van der Waals surface area (Å²) in [6.07, 6.45) is 8.15. The Morgan fingerprint density at radius 3 is 1.33 bits per heavy atom. The van der Waals surface area contributed by atoms with Gasteiger partial charge in [0, 0.05) is 4.47 Å². The van der Waals surface area contributed by atoms with E-state index in [1.54, 1.807) is 0 Å². The second-order valence-electron chi connectivity index (χ2n) is 7.00. The normalized spacial score (nSPS) is 10.4. The van der Waals surface area contributed by atoms with Crippen molar-refractivity contribution in [3.05, 3.63) is 57.1 Å². The van der Waals surface area contributed by atoms with E-state index in [1.165, 1.54) is 0 Å². The lowest BCUT2D eigenvalue weighted by Gasteiger charge is -2.09. The number of hydrogen-bond acceptors (Lipinski definition) is 2. The molecule has 0 spiro atoms. The quantitative estimate of drug-likeness (QED) is 0.455. The maximum Gasteiger partial charge on any atom is 0.122 e. The van der Waals surface area contributed by atoms with Gasteiger partial charge in [-0.3, -0.25) is 0 Å². The van der Waals surface area contributed by atoms with E-state index >= 15 is 0 Å². The first kappa shape index (κ1) is 23.6. The maximum atomic E-state index is 9.95. The van der Waals surface area contributed by atoms with Gasteiger partial charge in [-0.25, -0.2) is 0 Å². The van der Waals surface area contributed by atoms with Gasteiger partial charge in [-0.05, 0) is 60.1 Å². The Hall–Kier alpha value is -1.48. The molecule has 0 radical (unpaired) electrons. The monoisotopic (exact) mass is 434 g/mol. The molecule has 27 heavy (non-hydrogen) atoms. The number of aromatic hydroxyl groups is 2. The number of rotatable bonds is 8. The van der Waals surface area contributed by atoms with Gasteiger partial charge >= 0.3 is 0 Å². The van der Waals surface area contributed by atoms with Crippen molar-refractivity contribution in [2.45, 2.75) is 79.1 Å². The summed E-state index contributed by atoms with van der Waals surface area (Å²) in [4.78, 5) is 0. The van der Waals surface area contributed by atoms with Crippen LogP contribution in [0.5, 0.6) is 11.5 Å². The Bertz CT molecular complexity index is 644. The van der Waals surface area contributed by atoms with Crippen molar-refractivity contribution < 1.29 is 10.2 Å². The number of benzene rings is 2. The SMILES string of the molecule is CCCc1cc(Br)cc(CCC)c1O.CCCc1cccc(CCC)c1O. The van der Waals surface area contributed by atoms with Crippen molar-refractivity contribution in [1.29, 1.82) is 0 Å². The number of phenols is 2. The van der Waals surface area contributed by atoms with Gasteiger partial charge in [-0.1, -0.05) is 87.5 Å². The van der Waals surface area contributed by atoms with Crippen molar-refractivity contribution in [2.24, 2.45) is 0 Å². The van der Waals surface area contributed by atoms with Crippen LogP contribution < -0.4 is 0 Å². The molecule has 2 aromatic rings. The molecule has 0 saturated heterocycles. The minimum absolute atomic E-state index is 0.497. The Kier molecular flexibility index (Phi) is 11.2. The highest BCUT2D eigenvalue weighted by atomic mass is 79.9. The lowest BCUT2D eigenvalue weighted by molar-refractivity contribution is 0.459. The largest absolute Gasteiger partial charge is 0.507 e. The lowest BCUT2D eigenvalue weighted by atomic mass is 10.0. The molecule has 0 aliphatic carbocycles. The average molecular weight is 435 g/mol. The Balaban J connectivity index is 0.000000271. The van der Waals surface area contributed by atoms with E-state index in [1.807, 2.05) is 30.3 Å². The standard InChI is InChI=1S/C12H17BrO.C12H18O/c1-3-5-9-7-11(13)8-10(6-4-2)12(9)14;1-3-6-10-8-5-9-11(7-4-2)12(10)13/h7-8,14H,3-6H2,1-2H3;5,8-9,13H,3-4,6-7H2,1-2H3. The molecule has 0 saturated carbocycles. The van der Waals surface area contributed by atoms with Crippen LogP contribution in [0.25, 0.3) is 0 Å². The molecule has 0 atom stereocenters. The number of phenolic OH excluding ortho intramolecular Hbond substituents is 2. The van der Waals surface area contributed by atoms with Crippen LogP contribution in [0.3, 0.4) is 0 Å². The summed E-state index contributed by atoms with van der Waals surface area (Å²) in [5.41, 5.74) is 4.30. The summed E-state index contributed by atoms with van der Waals surface area (Å²) in [7, 11) is 0. The van der Waals surface area contributed by atoms with Gasteiger partial charge in [-0.15, -0.1) is 0 Å². The summed E-state index contributed by atoms with van der Waals surface area (Å²) >= 11 is 3.48. The molecular weight excluding hydrogens is 400 g/mol. The van der Waals surface area contributed by atoms with Crippen LogP contribution >= 0.6 is 15.9 Å². The maximum absolute atomic E-state index is 9.95. The van der Waals surface area contributed by atoms with Crippen molar-refractivity contribution in [2.75, 3.05) is 0 Å². The fourth-order valence-corrected chi connectivity index (χ4v) is 3.78. The molecule has 2 N–H and O–H groups in total. The summed E-state index contributed by atoms with van der Waals surface area (Å²) < 4.78 is 1.07. The summed E-state index contributed by atoms with van der Waals surface area (Å²) in [6, 6.07) is 10.1. The fraction of sp³-hybridized carbons (Fsp3) is 0.500. The van der Waals surface area contributed by atoms with Gasteiger partial charge in [0.1, 0.15) is 11.5 Å². The lowest BCUT2D eigenvalue weighted by Crippen LogP contribution is -1.91. The second kappa shape index (κ2) is 12.8. The summed E-state index contributed by atoms with van der Waals surface area (Å²) in [5, 5.41) is 19.8. The number of hydrogen-bond donors (Lipinski definition) is 2. The Morgan fingerprint density at radius 1 is 0.630 bits per heavy atom.